The minimum Gasteiger partial charge on any atom is -0.339 e. The number of hydrogen-bond acceptors (Lipinski definition) is 6. The summed E-state index contributed by atoms with van der Waals surface area (Å²) >= 11 is 2.44. The van der Waals surface area contributed by atoms with Crippen LogP contribution in [0.1, 0.15) is 40.2 Å². The lowest BCUT2D eigenvalue weighted by molar-refractivity contribution is -0.122. The first kappa shape index (κ1) is 22.8. The molecule has 154 valence electrons. The van der Waals surface area contributed by atoms with Crippen LogP contribution < -0.4 is 5.32 Å². The van der Waals surface area contributed by atoms with Gasteiger partial charge in [0.25, 0.3) is 5.24 Å². The molecule has 0 aliphatic rings. The van der Waals surface area contributed by atoms with E-state index in [1.807, 2.05) is 13.0 Å². The van der Waals surface area contributed by atoms with Gasteiger partial charge in [-0.1, -0.05) is 12.1 Å². The quantitative estimate of drug-likeness (QED) is 0.455. The molecule has 2 rings (SSSR count). The molecule has 29 heavy (non-hydrogen) atoms. The number of anilines is 1. The third-order valence-corrected chi connectivity index (χ3v) is 6.16. The first-order chi connectivity index (χ1) is 13.8. The van der Waals surface area contributed by atoms with Crippen molar-refractivity contribution in [1.29, 1.82) is 0 Å². The van der Waals surface area contributed by atoms with E-state index >= 15 is 0 Å². The van der Waals surface area contributed by atoms with Crippen molar-refractivity contribution in [2.75, 3.05) is 19.4 Å². The van der Waals surface area contributed by atoms with Crippen LogP contribution in [0.4, 0.5) is 10.5 Å². The Morgan fingerprint density at radius 3 is 2.31 bits per heavy atom. The molecule has 1 aromatic heterocycles. The number of aryl methyl sites for hydroxylation is 1. The van der Waals surface area contributed by atoms with Gasteiger partial charge in [0.15, 0.2) is 5.78 Å². The second-order valence-electron chi connectivity index (χ2n) is 6.68. The predicted molar refractivity (Wildman–Crippen MR) is 117 cm³/mol. The standard InChI is InChI=1S/C21H24N2O4S2/c1-14-8-12-19(28-14)17(25)11-9-15(24)10-13-20(26)22-16-6-4-5-7-18(16)29-21(27)23(2)3/h4-8,12H,9-11,13H2,1-3H3,(H,22,26). The molecule has 0 atom stereocenters. The molecule has 0 aliphatic carbocycles. The van der Waals surface area contributed by atoms with Crippen molar-refractivity contribution < 1.29 is 19.2 Å². The second kappa shape index (κ2) is 10.9. The van der Waals surface area contributed by atoms with Crippen LogP contribution in [0.3, 0.4) is 0 Å². The molecule has 0 fully saturated rings. The molecule has 0 unspecified atom stereocenters. The highest BCUT2D eigenvalue weighted by Crippen LogP contribution is 2.28. The molecular formula is C21H24N2O4S2. The Morgan fingerprint density at radius 1 is 0.966 bits per heavy atom. The monoisotopic (exact) mass is 432 g/mol. The number of hydrogen-bond donors (Lipinski definition) is 1. The molecule has 0 saturated heterocycles. The third kappa shape index (κ3) is 7.47. The molecule has 0 radical (unpaired) electrons. The number of nitrogens with zero attached hydrogens (tertiary/aromatic N) is 1. The molecule has 0 bridgehead atoms. The molecule has 0 aliphatic heterocycles. The Kier molecular flexibility index (Phi) is 8.60. The molecule has 6 nitrogen and oxygen atoms in total. The number of benzene rings is 1. The van der Waals surface area contributed by atoms with E-state index < -0.39 is 0 Å². The SMILES string of the molecule is Cc1ccc(C(=O)CCC(=O)CCC(=O)Nc2ccccc2SC(=O)N(C)C)s1. The lowest BCUT2D eigenvalue weighted by Crippen LogP contribution is -2.17. The van der Waals surface area contributed by atoms with Crippen molar-refractivity contribution in [1.82, 2.24) is 4.90 Å². The molecule has 0 saturated carbocycles. The van der Waals surface area contributed by atoms with Crippen molar-refractivity contribution in [2.24, 2.45) is 0 Å². The average molecular weight is 433 g/mol. The zero-order valence-electron chi connectivity index (χ0n) is 16.7. The van der Waals surface area contributed by atoms with Crippen LogP contribution in [-0.4, -0.2) is 41.7 Å². The zero-order valence-corrected chi connectivity index (χ0v) is 18.3. The fraction of sp³-hybridized carbons (Fsp3) is 0.333. The van der Waals surface area contributed by atoms with Gasteiger partial charge in [-0.15, -0.1) is 11.3 Å². The summed E-state index contributed by atoms with van der Waals surface area (Å²) in [6.07, 6.45) is 0.402. The van der Waals surface area contributed by atoms with E-state index in [1.54, 1.807) is 44.4 Å². The maximum absolute atomic E-state index is 12.2. The molecule has 8 heteroatoms. The van der Waals surface area contributed by atoms with Gasteiger partial charge in [-0.2, -0.15) is 0 Å². The van der Waals surface area contributed by atoms with Gasteiger partial charge in [-0.3, -0.25) is 19.2 Å². The van der Waals surface area contributed by atoms with Gasteiger partial charge >= 0.3 is 0 Å². The number of carbonyl (C=O) groups excluding carboxylic acids is 4. The lowest BCUT2D eigenvalue weighted by atomic mass is 10.1. The summed E-state index contributed by atoms with van der Waals surface area (Å²) < 4.78 is 0. The third-order valence-electron chi connectivity index (χ3n) is 4.00. The van der Waals surface area contributed by atoms with Crippen LogP contribution in [-0.2, 0) is 9.59 Å². The average Bonchev–Trinajstić information content (AvgIpc) is 3.12. The maximum atomic E-state index is 12.2. The molecular weight excluding hydrogens is 408 g/mol. The summed E-state index contributed by atoms with van der Waals surface area (Å²) in [7, 11) is 3.32. The summed E-state index contributed by atoms with van der Waals surface area (Å²) in [4.78, 5) is 52.0. The highest BCUT2D eigenvalue weighted by atomic mass is 32.2. The minimum atomic E-state index is -0.302. The number of rotatable bonds is 9. The van der Waals surface area contributed by atoms with Gasteiger partial charge in [-0.05, 0) is 43.0 Å². The van der Waals surface area contributed by atoms with Gasteiger partial charge in [0, 0.05) is 49.6 Å². The number of ketones is 2. The second-order valence-corrected chi connectivity index (χ2v) is 8.96. The summed E-state index contributed by atoms with van der Waals surface area (Å²) in [6, 6.07) is 10.7. The fourth-order valence-electron chi connectivity index (χ4n) is 2.40. The van der Waals surface area contributed by atoms with Crippen molar-refractivity contribution in [3.05, 3.63) is 46.2 Å². The van der Waals surface area contributed by atoms with Gasteiger partial charge in [-0.25, -0.2) is 0 Å². The highest BCUT2D eigenvalue weighted by Gasteiger charge is 2.15. The van der Waals surface area contributed by atoms with Crippen molar-refractivity contribution in [3.63, 3.8) is 0 Å². The van der Waals surface area contributed by atoms with E-state index in [-0.39, 0.29) is 48.4 Å². The highest BCUT2D eigenvalue weighted by molar-refractivity contribution is 8.13. The largest absolute Gasteiger partial charge is 0.339 e. The number of nitrogens with one attached hydrogen (secondary N) is 1. The van der Waals surface area contributed by atoms with E-state index in [1.165, 1.54) is 16.2 Å². The molecule has 2 aromatic rings. The molecule has 0 spiro atoms. The Balaban J connectivity index is 1.80. The van der Waals surface area contributed by atoms with Gasteiger partial charge in [0.05, 0.1) is 10.6 Å². The van der Waals surface area contributed by atoms with Crippen LogP contribution >= 0.6 is 23.1 Å². The van der Waals surface area contributed by atoms with Crippen LogP contribution in [0.25, 0.3) is 0 Å². The number of carbonyl (C=O) groups is 4. The van der Waals surface area contributed by atoms with Crippen molar-refractivity contribution in [2.45, 2.75) is 37.5 Å². The van der Waals surface area contributed by atoms with Gasteiger partial charge < -0.3 is 10.2 Å². The van der Waals surface area contributed by atoms with E-state index in [9.17, 15) is 19.2 Å². The zero-order chi connectivity index (χ0) is 21.4. The normalized spacial score (nSPS) is 10.4. The van der Waals surface area contributed by atoms with Crippen LogP contribution in [0.15, 0.2) is 41.3 Å². The molecule has 1 N–H and O–H groups in total. The first-order valence-corrected chi connectivity index (χ1v) is 10.8. The Bertz CT molecular complexity index is 906. The van der Waals surface area contributed by atoms with Gasteiger partial charge in [0.2, 0.25) is 5.91 Å². The summed E-state index contributed by atoms with van der Waals surface area (Å²) in [5.41, 5.74) is 0.536. The van der Waals surface area contributed by atoms with E-state index in [0.717, 1.165) is 16.6 Å². The van der Waals surface area contributed by atoms with Gasteiger partial charge in [0.1, 0.15) is 5.78 Å². The Morgan fingerprint density at radius 2 is 1.66 bits per heavy atom. The lowest BCUT2D eigenvalue weighted by Gasteiger charge is -2.13. The van der Waals surface area contributed by atoms with E-state index in [2.05, 4.69) is 5.32 Å². The summed E-state index contributed by atoms with van der Waals surface area (Å²) in [6.45, 7) is 1.93. The topological polar surface area (TPSA) is 83.5 Å². The first-order valence-electron chi connectivity index (χ1n) is 9.15. The summed E-state index contributed by atoms with van der Waals surface area (Å²) in [5, 5.41) is 2.61. The number of thiophene rings is 1. The fourth-order valence-corrected chi connectivity index (χ4v) is 3.98. The summed E-state index contributed by atoms with van der Waals surface area (Å²) in [5.74, 6) is -0.464. The van der Waals surface area contributed by atoms with Crippen LogP contribution in [0, 0.1) is 6.92 Å². The molecule has 1 aromatic carbocycles. The van der Waals surface area contributed by atoms with Crippen LogP contribution in [0.5, 0.6) is 0 Å². The number of Topliss-reactive ketones (excluding diaryl/α,β-unsaturated/α-hetero) is 2. The Labute approximate surface area is 178 Å². The number of para-hydroxylation sites is 1. The number of amides is 2. The van der Waals surface area contributed by atoms with Crippen LogP contribution in [0.2, 0.25) is 0 Å². The van der Waals surface area contributed by atoms with Crippen molar-refractivity contribution in [3.8, 4) is 0 Å². The minimum absolute atomic E-state index is 0.0335. The van der Waals surface area contributed by atoms with E-state index in [0.29, 0.717) is 15.5 Å². The predicted octanol–water partition coefficient (Wildman–Crippen LogP) is 4.78. The molecule has 1 heterocycles. The Hall–Kier alpha value is -2.45. The van der Waals surface area contributed by atoms with E-state index in [4.69, 9.17) is 0 Å². The maximum Gasteiger partial charge on any atom is 0.286 e. The molecule has 2 amide bonds. The number of thioether (sulfide) groups is 1. The van der Waals surface area contributed by atoms with Crippen molar-refractivity contribution >= 4 is 51.5 Å². The smallest absolute Gasteiger partial charge is 0.286 e.